The number of thioether (sulfide) groups is 1. The van der Waals surface area contributed by atoms with Crippen molar-refractivity contribution in [2.24, 2.45) is 0 Å². The van der Waals surface area contributed by atoms with Gasteiger partial charge in [-0.15, -0.1) is 0 Å². The molecule has 0 aromatic carbocycles. The smallest absolute Gasteiger partial charge is 0.321 e. The highest BCUT2D eigenvalue weighted by molar-refractivity contribution is 7.99. The molecule has 0 radical (unpaired) electrons. The predicted molar refractivity (Wildman–Crippen MR) is 67.6 cm³/mol. The predicted octanol–water partition coefficient (Wildman–Crippen LogP) is 1.17. The van der Waals surface area contributed by atoms with Gasteiger partial charge >= 0.3 is 6.01 Å². The maximum Gasteiger partial charge on any atom is 0.321 e. The zero-order chi connectivity index (χ0) is 12.7. The number of methoxy groups -OCH3 is 1. The molecule has 1 aromatic heterocycles. The van der Waals surface area contributed by atoms with Gasteiger partial charge in [-0.05, 0) is 13.3 Å². The van der Waals surface area contributed by atoms with E-state index in [0.29, 0.717) is 23.5 Å². The number of hydrogen-bond acceptors (Lipinski definition) is 7. The van der Waals surface area contributed by atoms with Crippen molar-refractivity contribution < 1.29 is 9.84 Å². The van der Waals surface area contributed by atoms with Crippen molar-refractivity contribution in [1.29, 1.82) is 0 Å². The Morgan fingerprint density at radius 1 is 1.41 bits per heavy atom. The van der Waals surface area contributed by atoms with Crippen molar-refractivity contribution in [1.82, 2.24) is 15.0 Å². The summed E-state index contributed by atoms with van der Waals surface area (Å²) in [6, 6.07) is 0.301. The van der Waals surface area contributed by atoms with Gasteiger partial charge in [0, 0.05) is 18.4 Å². The van der Waals surface area contributed by atoms with Crippen LogP contribution in [0.2, 0.25) is 0 Å². The Labute approximate surface area is 105 Å². The molecule has 0 saturated heterocycles. The first-order valence-electron chi connectivity index (χ1n) is 5.51. The molecule has 1 unspecified atom stereocenters. The van der Waals surface area contributed by atoms with Crippen LogP contribution < -0.4 is 10.1 Å². The van der Waals surface area contributed by atoms with Gasteiger partial charge in [-0.2, -0.15) is 15.0 Å². The molecule has 96 valence electrons. The number of aromatic nitrogens is 3. The van der Waals surface area contributed by atoms with Gasteiger partial charge < -0.3 is 15.2 Å². The maximum absolute atomic E-state index is 8.85. The highest BCUT2D eigenvalue weighted by atomic mass is 32.2. The van der Waals surface area contributed by atoms with Crippen molar-refractivity contribution >= 4 is 17.7 Å². The van der Waals surface area contributed by atoms with Gasteiger partial charge in [0.25, 0.3) is 0 Å². The summed E-state index contributed by atoms with van der Waals surface area (Å²) in [5.41, 5.74) is 0. The number of nitrogens with zero attached hydrogens (tertiary/aromatic N) is 3. The SMILES string of the molecule is CCNc1nc(OC)nc(SC(C)CCO)n1. The van der Waals surface area contributed by atoms with Gasteiger partial charge in [0.05, 0.1) is 7.11 Å². The van der Waals surface area contributed by atoms with Crippen molar-refractivity contribution in [3.05, 3.63) is 0 Å². The number of aliphatic hydroxyl groups is 1. The molecule has 0 saturated carbocycles. The van der Waals surface area contributed by atoms with Crippen LogP contribution in [0.1, 0.15) is 20.3 Å². The van der Waals surface area contributed by atoms with Crippen molar-refractivity contribution in [3.63, 3.8) is 0 Å². The molecule has 1 heterocycles. The minimum Gasteiger partial charge on any atom is -0.467 e. The minimum atomic E-state index is 0.163. The molecule has 0 bridgehead atoms. The number of aliphatic hydroxyl groups excluding tert-OH is 1. The second-order valence-electron chi connectivity index (χ2n) is 3.40. The van der Waals surface area contributed by atoms with Crippen LogP contribution >= 0.6 is 11.8 Å². The standard InChI is InChI=1S/C10H18N4O2S/c1-4-11-8-12-9(16-3)14-10(13-8)17-7(2)5-6-15/h7,15H,4-6H2,1-3H3,(H,11,12,13,14). The normalized spacial score (nSPS) is 12.2. The van der Waals surface area contributed by atoms with E-state index in [9.17, 15) is 0 Å². The third-order valence-electron chi connectivity index (χ3n) is 1.95. The molecule has 0 fully saturated rings. The third kappa shape index (κ3) is 4.74. The van der Waals surface area contributed by atoms with E-state index in [2.05, 4.69) is 20.3 Å². The Kier molecular flexibility index (Phi) is 5.99. The van der Waals surface area contributed by atoms with Gasteiger partial charge in [0.1, 0.15) is 0 Å². The molecule has 17 heavy (non-hydrogen) atoms. The van der Waals surface area contributed by atoms with Gasteiger partial charge in [0.15, 0.2) is 5.16 Å². The lowest BCUT2D eigenvalue weighted by atomic mass is 10.4. The van der Waals surface area contributed by atoms with E-state index >= 15 is 0 Å². The Bertz CT molecular complexity index is 351. The van der Waals surface area contributed by atoms with E-state index in [-0.39, 0.29) is 11.9 Å². The number of nitrogens with one attached hydrogen (secondary N) is 1. The lowest BCUT2D eigenvalue weighted by molar-refractivity contribution is 0.289. The summed E-state index contributed by atoms with van der Waals surface area (Å²) in [4.78, 5) is 12.5. The monoisotopic (exact) mass is 258 g/mol. The molecule has 1 aromatic rings. The van der Waals surface area contributed by atoms with E-state index in [1.807, 2.05) is 13.8 Å². The summed E-state index contributed by atoms with van der Waals surface area (Å²) in [7, 11) is 1.52. The third-order valence-corrected chi connectivity index (χ3v) is 2.99. The lowest BCUT2D eigenvalue weighted by Crippen LogP contribution is -2.07. The summed E-state index contributed by atoms with van der Waals surface area (Å²) in [6.45, 7) is 4.89. The van der Waals surface area contributed by atoms with Gasteiger partial charge in [-0.1, -0.05) is 18.7 Å². The van der Waals surface area contributed by atoms with Crippen LogP contribution in [0.3, 0.4) is 0 Å². The highest BCUT2D eigenvalue weighted by Crippen LogP contribution is 2.23. The molecule has 7 heteroatoms. The summed E-state index contributed by atoms with van der Waals surface area (Å²) in [6.07, 6.45) is 0.704. The van der Waals surface area contributed by atoms with E-state index in [0.717, 1.165) is 6.54 Å². The fourth-order valence-corrected chi connectivity index (χ4v) is 1.99. The Morgan fingerprint density at radius 2 is 2.18 bits per heavy atom. The molecule has 0 spiro atoms. The maximum atomic E-state index is 8.85. The molecule has 6 nitrogen and oxygen atoms in total. The van der Waals surface area contributed by atoms with Crippen molar-refractivity contribution in [2.45, 2.75) is 30.7 Å². The molecule has 2 N–H and O–H groups in total. The average Bonchev–Trinajstić information content (AvgIpc) is 2.29. The first-order chi connectivity index (χ1) is 8.19. The van der Waals surface area contributed by atoms with Crippen LogP contribution in [0.4, 0.5) is 5.95 Å². The Hall–Kier alpha value is -1.08. The van der Waals surface area contributed by atoms with E-state index < -0.39 is 0 Å². The second kappa shape index (κ2) is 7.29. The van der Waals surface area contributed by atoms with E-state index in [1.165, 1.54) is 18.9 Å². The number of rotatable bonds is 7. The molecule has 0 aliphatic rings. The van der Waals surface area contributed by atoms with Crippen LogP contribution in [-0.2, 0) is 0 Å². The zero-order valence-electron chi connectivity index (χ0n) is 10.3. The second-order valence-corrected chi connectivity index (χ2v) is 4.80. The van der Waals surface area contributed by atoms with Crippen LogP contribution in [0.15, 0.2) is 5.16 Å². The molecule has 0 amide bonds. The number of ether oxygens (including phenoxy) is 1. The summed E-state index contributed by atoms with van der Waals surface area (Å²) in [5, 5.41) is 12.7. The Balaban J connectivity index is 2.79. The summed E-state index contributed by atoms with van der Waals surface area (Å²) < 4.78 is 5.02. The van der Waals surface area contributed by atoms with Crippen LogP contribution in [0.25, 0.3) is 0 Å². The topological polar surface area (TPSA) is 80.2 Å². The van der Waals surface area contributed by atoms with Crippen LogP contribution in [0, 0.1) is 0 Å². The van der Waals surface area contributed by atoms with Gasteiger partial charge in [-0.3, -0.25) is 0 Å². The number of hydrogen-bond donors (Lipinski definition) is 2. The van der Waals surface area contributed by atoms with E-state index in [4.69, 9.17) is 9.84 Å². The fraction of sp³-hybridized carbons (Fsp3) is 0.700. The summed E-state index contributed by atoms with van der Waals surface area (Å²) in [5.74, 6) is 0.512. The molecular formula is C10H18N4O2S. The fourth-order valence-electron chi connectivity index (χ4n) is 1.14. The number of anilines is 1. The van der Waals surface area contributed by atoms with Crippen molar-refractivity contribution in [3.8, 4) is 6.01 Å². The molecular weight excluding hydrogens is 240 g/mol. The molecule has 0 aliphatic carbocycles. The van der Waals surface area contributed by atoms with Gasteiger partial charge in [-0.25, -0.2) is 0 Å². The largest absolute Gasteiger partial charge is 0.467 e. The minimum absolute atomic E-state index is 0.163. The van der Waals surface area contributed by atoms with E-state index in [1.54, 1.807) is 0 Å². The first kappa shape index (κ1) is 14.0. The molecule has 1 atom stereocenters. The molecule has 1 rings (SSSR count). The van der Waals surface area contributed by atoms with Gasteiger partial charge in [0.2, 0.25) is 5.95 Å². The first-order valence-corrected chi connectivity index (χ1v) is 6.39. The molecule has 0 aliphatic heterocycles. The van der Waals surface area contributed by atoms with Crippen LogP contribution in [0.5, 0.6) is 6.01 Å². The average molecular weight is 258 g/mol. The van der Waals surface area contributed by atoms with Crippen molar-refractivity contribution in [2.75, 3.05) is 25.6 Å². The lowest BCUT2D eigenvalue weighted by Gasteiger charge is -2.10. The Morgan fingerprint density at radius 3 is 2.76 bits per heavy atom. The van der Waals surface area contributed by atoms with Crippen LogP contribution in [-0.4, -0.2) is 45.6 Å². The quantitative estimate of drug-likeness (QED) is 0.711. The zero-order valence-corrected chi connectivity index (χ0v) is 11.1. The highest BCUT2D eigenvalue weighted by Gasteiger charge is 2.10. The summed E-state index contributed by atoms with van der Waals surface area (Å²) >= 11 is 1.50.